The minimum atomic E-state index is -3.20. The Morgan fingerprint density at radius 1 is 1.12 bits per heavy atom. The number of nitrogens with zero attached hydrogens (tertiary/aromatic N) is 1. The molecule has 1 amide bonds. The molecule has 6 nitrogen and oxygen atoms in total. The van der Waals surface area contributed by atoms with Crippen LogP contribution in [-0.2, 0) is 19.6 Å². The summed E-state index contributed by atoms with van der Waals surface area (Å²) in [5.41, 5.74) is 1.97. The van der Waals surface area contributed by atoms with Gasteiger partial charge in [-0.2, -0.15) is 0 Å². The van der Waals surface area contributed by atoms with E-state index in [0.717, 1.165) is 5.56 Å². The number of anilines is 2. The predicted molar refractivity (Wildman–Crippen MR) is 97.0 cm³/mol. The molecule has 2 aromatic carbocycles. The molecule has 1 saturated heterocycles. The summed E-state index contributed by atoms with van der Waals surface area (Å²) in [7, 11) is -1.72. The highest BCUT2D eigenvalue weighted by Gasteiger charge is 2.28. The smallest absolute Gasteiger partial charge is 0.258 e. The molecule has 0 spiro atoms. The van der Waals surface area contributed by atoms with Crippen molar-refractivity contribution >= 4 is 27.3 Å². The van der Waals surface area contributed by atoms with Gasteiger partial charge in [0.05, 0.1) is 11.4 Å². The number of methoxy groups -OCH3 is 1. The molecule has 0 saturated carbocycles. The summed E-state index contributed by atoms with van der Waals surface area (Å²) < 4.78 is 30.6. The molecule has 7 heteroatoms. The number of benzene rings is 2. The van der Waals surface area contributed by atoms with Crippen molar-refractivity contribution in [3.8, 4) is 0 Å². The minimum Gasteiger partial charge on any atom is -0.367 e. The van der Waals surface area contributed by atoms with Crippen LogP contribution in [0.15, 0.2) is 54.6 Å². The van der Waals surface area contributed by atoms with Crippen LogP contribution in [0.5, 0.6) is 0 Å². The van der Waals surface area contributed by atoms with E-state index in [2.05, 4.69) is 5.32 Å². The first-order chi connectivity index (χ1) is 12.0. The SMILES string of the molecule is CO[C@H](C(=O)Nc1ccc(N2CCCS2(=O)=O)cc1)c1ccccc1. The van der Waals surface area contributed by atoms with Gasteiger partial charge in [-0.25, -0.2) is 8.42 Å². The van der Waals surface area contributed by atoms with Crippen LogP contribution in [0.2, 0.25) is 0 Å². The maximum Gasteiger partial charge on any atom is 0.258 e. The molecule has 132 valence electrons. The lowest BCUT2D eigenvalue weighted by Crippen LogP contribution is -2.25. The molecule has 0 unspecified atom stereocenters. The lowest BCUT2D eigenvalue weighted by molar-refractivity contribution is -0.126. The summed E-state index contributed by atoms with van der Waals surface area (Å²) in [5, 5.41) is 2.80. The lowest BCUT2D eigenvalue weighted by atomic mass is 10.1. The molecule has 1 heterocycles. The summed E-state index contributed by atoms with van der Waals surface area (Å²) in [6.45, 7) is 0.494. The number of nitrogens with one attached hydrogen (secondary N) is 1. The van der Waals surface area contributed by atoms with Crippen LogP contribution >= 0.6 is 0 Å². The van der Waals surface area contributed by atoms with Crippen molar-refractivity contribution in [2.45, 2.75) is 12.5 Å². The van der Waals surface area contributed by atoms with Crippen LogP contribution < -0.4 is 9.62 Å². The van der Waals surface area contributed by atoms with Crippen molar-refractivity contribution in [3.63, 3.8) is 0 Å². The Kier molecular flexibility index (Phi) is 5.06. The van der Waals surface area contributed by atoms with Crippen molar-refractivity contribution in [2.24, 2.45) is 0 Å². The van der Waals surface area contributed by atoms with Gasteiger partial charge in [0.2, 0.25) is 10.0 Å². The highest BCUT2D eigenvalue weighted by molar-refractivity contribution is 7.93. The first-order valence-electron chi connectivity index (χ1n) is 8.00. The minimum absolute atomic E-state index is 0.179. The second kappa shape index (κ2) is 7.25. The van der Waals surface area contributed by atoms with Crippen LogP contribution in [0.3, 0.4) is 0 Å². The number of hydrogen-bond donors (Lipinski definition) is 1. The van der Waals surface area contributed by atoms with Gasteiger partial charge in [0.15, 0.2) is 6.10 Å². The van der Waals surface area contributed by atoms with E-state index in [1.165, 1.54) is 11.4 Å². The van der Waals surface area contributed by atoms with E-state index in [-0.39, 0.29) is 11.7 Å². The van der Waals surface area contributed by atoms with E-state index >= 15 is 0 Å². The van der Waals surface area contributed by atoms with Crippen molar-refractivity contribution in [3.05, 3.63) is 60.2 Å². The van der Waals surface area contributed by atoms with Gasteiger partial charge in [-0.15, -0.1) is 0 Å². The quantitative estimate of drug-likeness (QED) is 0.889. The molecular weight excluding hydrogens is 340 g/mol. The standard InChI is InChI=1S/C18H20N2O4S/c1-24-17(14-6-3-2-4-7-14)18(21)19-15-8-10-16(11-9-15)20-12-5-13-25(20,22)23/h2-4,6-11,17H,5,12-13H2,1H3,(H,19,21)/t17-/m0/s1. The molecule has 1 aliphatic heterocycles. The predicted octanol–water partition coefficient (Wildman–Crippen LogP) is 2.55. The first kappa shape index (κ1) is 17.4. The fraction of sp³-hybridized carbons (Fsp3) is 0.278. The van der Waals surface area contributed by atoms with Gasteiger partial charge >= 0.3 is 0 Å². The van der Waals surface area contributed by atoms with Gasteiger partial charge in [0.25, 0.3) is 5.91 Å². The fourth-order valence-electron chi connectivity index (χ4n) is 2.87. The fourth-order valence-corrected chi connectivity index (χ4v) is 4.44. The summed E-state index contributed by atoms with van der Waals surface area (Å²) in [5.74, 6) is -0.104. The number of hydrogen-bond acceptors (Lipinski definition) is 4. The topological polar surface area (TPSA) is 75.7 Å². The molecular formula is C18H20N2O4S. The van der Waals surface area contributed by atoms with Crippen molar-refractivity contribution in [1.29, 1.82) is 0 Å². The van der Waals surface area contributed by atoms with Gasteiger partial charge in [-0.05, 0) is 36.2 Å². The highest BCUT2D eigenvalue weighted by atomic mass is 32.2. The molecule has 3 rings (SSSR count). The zero-order valence-electron chi connectivity index (χ0n) is 13.9. The third kappa shape index (κ3) is 3.83. The molecule has 1 N–H and O–H groups in total. The zero-order chi connectivity index (χ0) is 17.9. The molecule has 2 aromatic rings. The van der Waals surface area contributed by atoms with Gasteiger partial charge in [0, 0.05) is 19.3 Å². The van der Waals surface area contributed by atoms with E-state index in [4.69, 9.17) is 4.74 Å². The van der Waals surface area contributed by atoms with Crippen LogP contribution in [0.4, 0.5) is 11.4 Å². The largest absolute Gasteiger partial charge is 0.367 e. The van der Waals surface area contributed by atoms with Crippen LogP contribution in [0, 0.1) is 0 Å². The van der Waals surface area contributed by atoms with E-state index < -0.39 is 16.1 Å². The average molecular weight is 360 g/mol. The zero-order valence-corrected chi connectivity index (χ0v) is 14.7. The molecule has 1 aliphatic rings. The summed E-state index contributed by atoms with van der Waals surface area (Å²) in [4.78, 5) is 12.4. The van der Waals surface area contributed by atoms with Crippen molar-refractivity contribution in [2.75, 3.05) is 29.0 Å². The monoisotopic (exact) mass is 360 g/mol. The van der Waals surface area contributed by atoms with Gasteiger partial charge in [0.1, 0.15) is 0 Å². The van der Waals surface area contributed by atoms with Crippen LogP contribution in [0.1, 0.15) is 18.1 Å². The van der Waals surface area contributed by atoms with Gasteiger partial charge in [-0.1, -0.05) is 30.3 Å². The Morgan fingerprint density at radius 3 is 2.36 bits per heavy atom. The Hall–Kier alpha value is -2.38. The van der Waals surface area contributed by atoms with E-state index in [9.17, 15) is 13.2 Å². The molecule has 0 bridgehead atoms. The Balaban J connectivity index is 1.72. The molecule has 1 atom stereocenters. The van der Waals surface area contributed by atoms with Crippen LogP contribution in [0.25, 0.3) is 0 Å². The summed E-state index contributed by atoms with van der Waals surface area (Å²) >= 11 is 0. The maximum absolute atomic E-state index is 12.4. The van der Waals surface area contributed by atoms with E-state index in [1.54, 1.807) is 24.3 Å². The number of ether oxygens (including phenoxy) is 1. The van der Waals surface area contributed by atoms with Gasteiger partial charge < -0.3 is 10.1 Å². The number of amides is 1. The second-order valence-electron chi connectivity index (χ2n) is 5.80. The van der Waals surface area contributed by atoms with E-state index in [1.807, 2.05) is 30.3 Å². The number of rotatable bonds is 5. The Bertz CT molecular complexity index is 835. The Labute approximate surface area is 147 Å². The average Bonchev–Trinajstić information content (AvgIpc) is 2.96. The summed E-state index contributed by atoms with van der Waals surface area (Å²) in [6.07, 6.45) is -0.0761. The number of carbonyl (C=O) groups excluding carboxylic acids is 1. The molecule has 0 radical (unpaired) electrons. The first-order valence-corrected chi connectivity index (χ1v) is 9.61. The molecule has 0 aliphatic carbocycles. The van der Waals surface area contributed by atoms with Gasteiger partial charge in [-0.3, -0.25) is 9.10 Å². The van der Waals surface area contributed by atoms with Crippen molar-refractivity contribution in [1.82, 2.24) is 0 Å². The number of sulfonamides is 1. The maximum atomic E-state index is 12.4. The second-order valence-corrected chi connectivity index (χ2v) is 7.82. The van der Waals surface area contributed by atoms with E-state index in [0.29, 0.717) is 24.3 Å². The van der Waals surface area contributed by atoms with Crippen LogP contribution in [-0.4, -0.2) is 33.7 Å². The highest BCUT2D eigenvalue weighted by Crippen LogP contribution is 2.26. The number of carbonyl (C=O) groups is 1. The lowest BCUT2D eigenvalue weighted by Gasteiger charge is -2.18. The van der Waals surface area contributed by atoms with Crippen molar-refractivity contribution < 1.29 is 17.9 Å². The Morgan fingerprint density at radius 2 is 1.80 bits per heavy atom. The summed E-state index contributed by atoms with van der Waals surface area (Å²) in [6, 6.07) is 16.0. The molecule has 1 fully saturated rings. The molecule has 0 aromatic heterocycles. The third-order valence-electron chi connectivity index (χ3n) is 4.10. The third-order valence-corrected chi connectivity index (χ3v) is 5.97. The normalized spacial score (nSPS) is 17.2. The molecule has 25 heavy (non-hydrogen) atoms.